The molecule has 8 aromatic rings. The SMILES string of the molecule is C.CC[C@H]1C[C@@H](Nc2ccnc(C)c2C(=O)c2cn(C(C)(C)C)c(C)c2C)[C@H](N=[N+]=[N-])[C@@H]1C.Cc1ccnc(C)c1C(=O)c1cn(C(C)(C)C)c(C)c1C.Cc1nccc(N[C@@H]2C[C@H](CO)[C@@H](C)[C@H]2N=[N+]=[N-])c1C(=O)c1cn(C(C)(C)C)c(C)c1C.Cc1nccc(N[C@@H]2C[C@H](CO)[C@@H](O)[C@H]2N=[N+]=[N-])c1C(=O)c1cn(C(C)(C)C)c(C)c1C.NS(=O)(=O)Cl.[N-]=[N+]=N[C@@H]1[C@H](O)[C@@H](CO)C[C@H]1N. The number of azide groups is 4. The minimum absolute atomic E-state index is 0. The number of pyridine rings is 4. The van der Waals surface area contributed by atoms with Crippen LogP contribution in [0, 0.1) is 126 Å². The summed E-state index contributed by atoms with van der Waals surface area (Å²) in [5, 5.41) is 77.6. The average Bonchev–Trinajstić information content (AvgIpc) is 1.65. The zero-order valence-corrected chi connectivity index (χ0v) is 84.5. The van der Waals surface area contributed by atoms with Crippen LogP contribution in [0.15, 0.2) is 94.3 Å². The molecular formula is C97H144ClN25O11S. The summed E-state index contributed by atoms with van der Waals surface area (Å²) in [6, 6.07) is 4.53. The van der Waals surface area contributed by atoms with Crippen LogP contribution in [0.25, 0.3) is 41.8 Å². The number of halogens is 1. The van der Waals surface area contributed by atoms with E-state index < -0.39 is 45.5 Å². The van der Waals surface area contributed by atoms with E-state index in [4.69, 9.17) is 33.0 Å². The van der Waals surface area contributed by atoms with Crippen LogP contribution in [-0.2, 0) is 31.4 Å². The quantitative estimate of drug-likeness (QED) is 0.00990. The van der Waals surface area contributed by atoms with Crippen molar-refractivity contribution in [2.45, 2.75) is 316 Å². The number of rotatable bonds is 22. The van der Waals surface area contributed by atoms with Crippen LogP contribution in [0.4, 0.5) is 17.1 Å². The summed E-state index contributed by atoms with van der Waals surface area (Å²) < 4.78 is 26.9. The summed E-state index contributed by atoms with van der Waals surface area (Å²) in [6.07, 6.45) is 16.3. The molecule has 0 aromatic carbocycles. The molecule has 4 aliphatic carbocycles. The molecule has 12 rings (SSSR count). The molecule has 0 aliphatic heterocycles. The first-order valence-corrected chi connectivity index (χ1v) is 47.6. The molecule has 12 N–H and O–H groups in total. The fraction of sp³-hybridized carbons (Fsp3) is 0.588. The second-order valence-corrected chi connectivity index (χ2v) is 42.1. The van der Waals surface area contributed by atoms with E-state index in [2.05, 4.69) is 221 Å². The monoisotopic (exact) mass is 1900 g/mol. The number of hydrogen-bond donors (Lipinski definition) is 10. The Hall–Kier alpha value is -11.0. The predicted octanol–water partition coefficient (Wildman–Crippen LogP) is 18.4. The number of aliphatic hydroxyl groups is 5. The average molecular weight is 1900 g/mol. The molecule has 36 nitrogen and oxygen atoms in total. The second-order valence-electron chi connectivity index (χ2n) is 39.9. The molecule has 4 fully saturated rings. The van der Waals surface area contributed by atoms with Crippen molar-refractivity contribution in [3.8, 4) is 0 Å². The van der Waals surface area contributed by atoms with Gasteiger partial charge in [-0.3, -0.25) is 39.1 Å². The molecule has 8 aromatic heterocycles. The lowest BCUT2D eigenvalue weighted by Crippen LogP contribution is -2.34. The van der Waals surface area contributed by atoms with Gasteiger partial charge in [0.1, 0.15) is 0 Å². The van der Waals surface area contributed by atoms with E-state index in [9.17, 15) is 48.0 Å². The van der Waals surface area contributed by atoms with E-state index in [-0.39, 0.29) is 120 Å². The molecule has 4 saturated carbocycles. The van der Waals surface area contributed by atoms with E-state index in [1.165, 1.54) is 0 Å². The zero-order chi connectivity index (χ0) is 101. The molecule has 0 bridgehead atoms. The van der Waals surface area contributed by atoms with Crippen molar-refractivity contribution in [3.05, 3.63) is 233 Å². The van der Waals surface area contributed by atoms with Gasteiger partial charge in [0.05, 0.1) is 70.1 Å². The van der Waals surface area contributed by atoms with Crippen LogP contribution in [0.3, 0.4) is 0 Å². The lowest BCUT2D eigenvalue weighted by Gasteiger charge is -2.23. The maximum absolute atomic E-state index is 13.8. The van der Waals surface area contributed by atoms with Gasteiger partial charge in [0.2, 0.25) is 0 Å². The normalized spacial score (nSPS) is 22.3. The van der Waals surface area contributed by atoms with E-state index in [1.807, 2.05) is 113 Å². The van der Waals surface area contributed by atoms with Crippen LogP contribution in [-0.4, -0.2) is 176 Å². The third-order valence-corrected chi connectivity index (χ3v) is 27.0. The highest BCUT2D eigenvalue weighted by molar-refractivity contribution is 8.11. The van der Waals surface area contributed by atoms with Crippen LogP contribution in [0.5, 0.6) is 0 Å². The number of aromatic nitrogens is 8. The van der Waals surface area contributed by atoms with Crippen molar-refractivity contribution < 1.29 is 53.1 Å². The fourth-order valence-electron chi connectivity index (χ4n) is 19.0. The van der Waals surface area contributed by atoms with Crippen molar-refractivity contribution in [2.24, 2.45) is 66.8 Å². The molecule has 0 unspecified atom stereocenters. The van der Waals surface area contributed by atoms with Gasteiger partial charge in [-0.1, -0.05) is 55.1 Å². The fourth-order valence-corrected chi connectivity index (χ4v) is 19.0. The number of carbonyl (C=O) groups excluding carboxylic acids is 4. The van der Waals surface area contributed by atoms with Gasteiger partial charge in [0.25, 0.3) is 9.24 Å². The van der Waals surface area contributed by atoms with Crippen LogP contribution >= 0.6 is 10.7 Å². The van der Waals surface area contributed by atoms with Gasteiger partial charge in [-0.25, -0.2) is 5.14 Å². The number of ketones is 4. The lowest BCUT2D eigenvalue weighted by molar-refractivity contribution is 0.0805. The lowest BCUT2D eigenvalue weighted by atomic mass is 9.94. The number of carbonyl (C=O) groups is 4. The summed E-state index contributed by atoms with van der Waals surface area (Å²) in [5.74, 6) is 0.0215. The Kier molecular flexibility index (Phi) is 39.0. The Morgan fingerprint density at radius 1 is 0.437 bits per heavy atom. The minimum atomic E-state index is -3.69. The number of aliphatic hydroxyl groups excluding tert-OH is 5. The predicted molar refractivity (Wildman–Crippen MR) is 532 cm³/mol. The Balaban J connectivity index is 0.000000262. The number of nitrogens with zero attached hydrogens (tertiary/aromatic N) is 20. The zero-order valence-electron chi connectivity index (χ0n) is 82.9. The summed E-state index contributed by atoms with van der Waals surface area (Å²) in [5.41, 5.74) is 59.4. The van der Waals surface area contributed by atoms with Gasteiger partial charge in [0, 0.05) is 231 Å². The third kappa shape index (κ3) is 26.4. The number of anilines is 3. The van der Waals surface area contributed by atoms with Gasteiger partial charge >= 0.3 is 0 Å². The molecule has 16 atom stereocenters. The van der Waals surface area contributed by atoms with Crippen molar-refractivity contribution >= 4 is 60.1 Å². The summed E-state index contributed by atoms with van der Waals surface area (Å²) in [4.78, 5) is 83.2. The molecule has 0 spiro atoms. The summed E-state index contributed by atoms with van der Waals surface area (Å²) in [6.45, 7) is 57.0. The largest absolute Gasteiger partial charge is 0.396 e. The van der Waals surface area contributed by atoms with E-state index in [0.717, 1.165) is 85.9 Å². The molecule has 4 aliphatic rings. The Labute approximate surface area is 799 Å². The van der Waals surface area contributed by atoms with Gasteiger partial charge < -0.3 is 65.5 Å². The number of hydrogen-bond acceptors (Lipinski definition) is 23. The Morgan fingerprint density at radius 2 is 0.681 bits per heavy atom. The third-order valence-electron chi connectivity index (χ3n) is 27.0. The first kappa shape index (κ1) is 113. The van der Waals surface area contributed by atoms with Crippen LogP contribution in [0.1, 0.15) is 280 Å². The van der Waals surface area contributed by atoms with Gasteiger partial charge in [-0.05, 0) is 297 Å². The van der Waals surface area contributed by atoms with E-state index >= 15 is 0 Å². The second kappa shape index (κ2) is 46.7. The molecule has 736 valence electrons. The highest BCUT2D eigenvalue weighted by atomic mass is 35.7. The standard InChI is InChI=1S/C25H36N6O.C24H34N6O2.C23H32N6O3.C18H24N2O.C6H12N4O2.CH4.ClH2NO2S/c1-9-18-12-21(23(15(18)3)29-30-26)28-20-10-11-27-16(4)22(20)24(32)19-13-31(25(6,7)8)17(5)14(19)2;1-13-16(4)30(24(5,6)7)11-18(13)23(32)21-15(3)26-9-8-19(21)27-20-10-17(12-31)14(2)22(20)28-29-25;1-12-14(3)29(23(4,5)6)10-16(12)22(32)19-13(2)25-8-7-17(19)26-18-9-15(11-30)21(31)20(18)27-28-24;1-11-8-9-19-13(3)16(11)17(21)15-10-20(18(5,6)7)14(4)12(15)2;7-4-1-3(2-11)6(12)5(4)9-10-8;;1-5(2,3)4/h10-11,13,15,18,21,23H,9,12H2,1-8H3,(H,27,28);8-9,11,14,17,20,22,31H,10,12H2,1-7H3,(H,26,27);7-8,10,15,18,20-21,30-31H,9,11H2,1-6H3,(H,25,26);8-10H,1-7H3;3-6,11-12H,1-2,7H2;1H4;(H2,2,3,4)/t15-,18+,21-,23-;14-,17-,20-,22-;15-,18-,20+,21-;;3-,4-,5+,6-;;/m111.1../s1. The Morgan fingerprint density at radius 3 is 0.956 bits per heavy atom. The van der Waals surface area contributed by atoms with E-state index in [0.29, 0.717) is 92.9 Å². The first-order chi connectivity index (χ1) is 62.4. The van der Waals surface area contributed by atoms with Crippen LogP contribution < -0.4 is 26.8 Å². The molecule has 0 radical (unpaired) electrons. The first-order valence-electron chi connectivity index (χ1n) is 45.2. The maximum atomic E-state index is 13.8. The van der Waals surface area contributed by atoms with Gasteiger partial charge in [-0.2, -0.15) is 8.42 Å². The summed E-state index contributed by atoms with van der Waals surface area (Å²) in [7, 11) is 0.586. The molecular weight excluding hydrogens is 1760 g/mol. The molecule has 0 saturated heterocycles. The van der Waals surface area contributed by atoms with Crippen molar-refractivity contribution in [3.63, 3.8) is 0 Å². The number of aryl methyl sites for hydroxylation is 5. The van der Waals surface area contributed by atoms with Gasteiger partial charge in [0.15, 0.2) is 23.1 Å². The van der Waals surface area contributed by atoms with Crippen molar-refractivity contribution in [2.75, 3.05) is 35.8 Å². The smallest absolute Gasteiger partial charge is 0.294 e. The number of nitrogens with one attached hydrogen (secondary N) is 3. The molecule has 135 heavy (non-hydrogen) atoms. The highest BCUT2D eigenvalue weighted by Gasteiger charge is 2.45. The van der Waals surface area contributed by atoms with Gasteiger partial charge in [-0.15, -0.1) is 0 Å². The van der Waals surface area contributed by atoms with E-state index in [1.54, 1.807) is 43.8 Å². The topological polar surface area (TPSA) is 558 Å². The van der Waals surface area contributed by atoms with Crippen molar-refractivity contribution in [1.29, 1.82) is 0 Å². The highest BCUT2D eigenvalue weighted by Crippen LogP contribution is 2.43. The maximum Gasteiger partial charge on any atom is 0.294 e. The number of nitrogens with two attached hydrogens (primary N) is 2. The minimum Gasteiger partial charge on any atom is -0.396 e. The molecule has 38 heteroatoms. The van der Waals surface area contributed by atoms with Crippen LogP contribution in [0.2, 0.25) is 0 Å². The molecule has 0 amide bonds. The summed E-state index contributed by atoms with van der Waals surface area (Å²) >= 11 is 0. The Bertz CT molecular complexity index is 5450. The molecule has 8 heterocycles. The van der Waals surface area contributed by atoms with Crippen molar-refractivity contribution in [1.82, 2.24) is 38.2 Å².